The fourth-order valence-electron chi connectivity index (χ4n) is 3.45. The molecule has 0 fully saturated rings. The highest BCUT2D eigenvalue weighted by atomic mass is 32.1. The Balaban J connectivity index is 2.54. The molecule has 1 aromatic rings. The lowest BCUT2D eigenvalue weighted by Crippen LogP contribution is -2.55. The molecule has 1 aliphatic rings. The second-order valence-electron chi connectivity index (χ2n) is 7.44. The van der Waals surface area contributed by atoms with E-state index in [2.05, 4.69) is 38.3 Å². The number of fused-ring (bicyclic) bond motifs is 1. The third-order valence-corrected chi connectivity index (χ3v) is 5.53. The lowest BCUT2D eigenvalue weighted by atomic mass is 9.81. The lowest BCUT2D eigenvalue weighted by molar-refractivity contribution is -0.116. The molecule has 2 heterocycles. The fourth-order valence-corrected chi connectivity index (χ4v) is 4.73. The van der Waals surface area contributed by atoms with Gasteiger partial charge >= 0.3 is 5.97 Å². The molecule has 0 saturated heterocycles. The predicted molar refractivity (Wildman–Crippen MR) is 97.8 cm³/mol. The monoisotopic (exact) mass is 352 g/mol. The summed E-state index contributed by atoms with van der Waals surface area (Å²) in [5, 5.41) is 7.16. The third-order valence-electron chi connectivity index (χ3n) is 4.05. The second kappa shape index (κ2) is 6.84. The van der Waals surface area contributed by atoms with Crippen LogP contribution in [0.4, 0.5) is 5.00 Å². The van der Waals surface area contributed by atoms with Crippen LogP contribution in [0.5, 0.6) is 0 Å². The average Bonchev–Trinajstić information content (AvgIpc) is 2.75. The van der Waals surface area contributed by atoms with E-state index >= 15 is 0 Å². The quantitative estimate of drug-likeness (QED) is 0.791. The number of ether oxygens (including phenoxy) is 1. The van der Waals surface area contributed by atoms with E-state index in [1.807, 2.05) is 6.92 Å². The minimum atomic E-state index is -0.352. The van der Waals surface area contributed by atoms with Gasteiger partial charge in [0.05, 0.1) is 12.2 Å². The molecular formula is C18H28N2O3S. The van der Waals surface area contributed by atoms with Gasteiger partial charge in [-0.2, -0.15) is 0 Å². The molecule has 2 N–H and O–H groups in total. The van der Waals surface area contributed by atoms with Crippen molar-refractivity contribution in [3.63, 3.8) is 0 Å². The summed E-state index contributed by atoms with van der Waals surface area (Å²) in [5.41, 5.74) is 1.13. The smallest absolute Gasteiger partial charge is 0.341 e. The van der Waals surface area contributed by atoms with Crippen molar-refractivity contribution in [1.29, 1.82) is 0 Å². The van der Waals surface area contributed by atoms with Crippen molar-refractivity contribution in [3.05, 3.63) is 16.0 Å². The van der Waals surface area contributed by atoms with Crippen molar-refractivity contribution in [3.8, 4) is 0 Å². The molecular weight excluding hydrogens is 324 g/mol. The number of carbonyl (C=O) groups is 2. The van der Waals surface area contributed by atoms with E-state index in [9.17, 15) is 9.59 Å². The van der Waals surface area contributed by atoms with Gasteiger partial charge in [0, 0.05) is 22.4 Å². The Morgan fingerprint density at radius 2 is 1.92 bits per heavy atom. The van der Waals surface area contributed by atoms with Gasteiger partial charge in [-0.15, -0.1) is 11.3 Å². The molecule has 0 atom stereocenters. The van der Waals surface area contributed by atoms with E-state index in [4.69, 9.17) is 4.74 Å². The van der Waals surface area contributed by atoms with Crippen molar-refractivity contribution in [1.82, 2.24) is 5.32 Å². The second-order valence-corrected chi connectivity index (χ2v) is 8.46. The van der Waals surface area contributed by atoms with E-state index in [0.717, 1.165) is 23.3 Å². The van der Waals surface area contributed by atoms with Crippen LogP contribution in [0.2, 0.25) is 0 Å². The maximum Gasteiger partial charge on any atom is 0.341 e. The zero-order chi connectivity index (χ0) is 18.1. The number of amides is 1. The Hall–Kier alpha value is -1.40. The Morgan fingerprint density at radius 1 is 1.25 bits per heavy atom. The molecule has 1 aliphatic heterocycles. The largest absolute Gasteiger partial charge is 0.462 e. The number of thiophene rings is 1. The van der Waals surface area contributed by atoms with Gasteiger partial charge in [-0.05, 0) is 53.0 Å². The molecule has 5 nitrogen and oxygen atoms in total. The van der Waals surface area contributed by atoms with Crippen LogP contribution in [0.25, 0.3) is 0 Å². The maximum absolute atomic E-state index is 12.6. The van der Waals surface area contributed by atoms with Crippen LogP contribution in [-0.4, -0.2) is 24.0 Å². The van der Waals surface area contributed by atoms with E-state index < -0.39 is 0 Å². The first-order valence-corrected chi connectivity index (χ1v) is 9.35. The summed E-state index contributed by atoms with van der Waals surface area (Å²) in [6, 6.07) is 0. The molecule has 0 radical (unpaired) electrons. The van der Waals surface area contributed by atoms with Crippen LogP contribution in [0.3, 0.4) is 0 Å². The maximum atomic E-state index is 12.6. The molecule has 6 heteroatoms. The van der Waals surface area contributed by atoms with Crippen LogP contribution in [-0.2, 0) is 21.5 Å². The number of nitrogens with one attached hydrogen (secondary N) is 2. The number of hydrogen-bond acceptors (Lipinski definition) is 5. The summed E-state index contributed by atoms with van der Waals surface area (Å²) < 4.78 is 5.27. The van der Waals surface area contributed by atoms with Gasteiger partial charge in [-0.1, -0.05) is 6.92 Å². The molecule has 0 saturated carbocycles. The summed E-state index contributed by atoms with van der Waals surface area (Å²) >= 11 is 1.48. The average molecular weight is 353 g/mol. The predicted octanol–water partition coefficient (Wildman–Crippen LogP) is 3.82. The Bertz CT molecular complexity index is 647. The molecule has 0 aromatic carbocycles. The molecule has 1 aromatic heterocycles. The summed E-state index contributed by atoms with van der Waals surface area (Å²) in [4.78, 5) is 25.7. The zero-order valence-electron chi connectivity index (χ0n) is 15.5. The van der Waals surface area contributed by atoms with Gasteiger partial charge < -0.3 is 15.4 Å². The minimum absolute atomic E-state index is 0.0633. The molecule has 24 heavy (non-hydrogen) atoms. The molecule has 0 unspecified atom stereocenters. The van der Waals surface area contributed by atoms with Crippen molar-refractivity contribution in [2.45, 2.75) is 71.9 Å². The van der Waals surface area contributed by atoms with E-state index in [-0.39, 0.29) is 23.0 Å². The first-order chi connectivity index (χ1) is 11.1. The Labute approximate surface area is 148 Å². The molecule has 0 spiro atoms. The van der Waals surface area contributed by atoms with Crippen molar-refractivity contribution < 1.29 is 14.3 Å². The highest BCUT2D eigenvalue weighted by Gasteiger charge is 2.42. The van der Waals surface area contributed by atoms with Gasteiger partial charge in [-0.3, -0.25) is 4.79 Å². The fraction of sp³-hybridized carbons (Fsp3) is 0.667. The number of rotatable bonds is 5. The normalized spacial score (nSPS) is 17.9. The highest BCUT2D eigenvalue weighted by Crippen LogP contribution is 2.45. The van der Waals surface area contributed by atoms with Crippen LogP contribution < -0.4 is 10.6 Å². The molecule has 134 valence electrons. The first kappa shape index (κ1) is 18.9. The number of hydrogen-bond donors (Lipinski definition) is 2. The van der Waals surface area contributed by atoms with Crippen molar-refractivity contribution in [2.75, 3.05) is 11.9 Å². The third kappa shape index (κ3) is 3.81. The van der Waals surface area contributed by atoms with Crippen molar-refractivity contribution in [2.24, 2.45) is 0 Å². The Kier molecular flexibility index (Phi) is 5.40. The highest BCUT2D eigenvalue weighted by molar-refractivity contribution is 7.17. The Morgan fingerprint density at radius 3 is 2.50 bits per heavy atom. The van der Waals surface area contributed by atoms with Gasteiger partial charge in [0.15, 0.2) is 0 Å². The number of esters is 1. The van der Waals surface area contributed by atoms with E-state index in [1.165, 1.54) is 11.3 Å². The summed E-state index contributed by atoms with van der Waals surface area (Å²) in [6.45, 7) is 12.5. The summed E-state index contributed by atoms with van der Waals surface area (Å²) in [6.07, 6.45) is 1.93. The SMILES string of the molecule is CCCC(=O)Nc1sc2c(c1C(=O)OCC)CC(C)(C)NC2(C)C. The zero-order valence-corrected chi connectivity index (χ0v) is 16.3. The topological polar surface area (TPSA) is 67.4 Å². The van der Waals surface area contributed by atoms with Crippen LogP contribution in [0.15, 0.2) is 0 Å². The number of anilines is 1. The first-order valence-electron chi connectivity index (χ1n) is 8.53. The van der Waals surface area contributed by atoms with Gasteiger partial charge in [0.25, 0.3) is 0 Å². The van der Waals surface area contributed by atoms with Crippen molar-refractivity contribution >= 4 is 28.2 Å². The van der Waals surface area contributed by atoms with Crippen LogP contribution in [0.1, 0.15) is 75.2 Å². The molecule has 2 rings (SSSR count). The standard InChI is InChI=1S/C18H28N2O3S/c1-7-9-12(21)19-15-13(16(22)23-8-2)11-10-17(3,4)20-18(5,6)14(11)24-15/h20H,7-10H2,1-6H3,(H,19,21). The lowest BCUT2D eigenvalue weighted by Gasteiger charge is -2.42. The van der Waals surface area contributed by atoms with Gasteiger partial charge in [-0.25, -0.2) is 4.79 Å². The summed E-state index contributed by atoms with van der Waals surface area (Å²) in [7, 11) is 0. The van der Waals surface area contributed by atoms with Crippen LogP contribution in [0, 0.1) is 0 Å². The molecule has 0 aliphatic carbocycles. The number of carbonyl (C=O) groups excluding carboxylic acids is 2. The molecule has 1 amide bonds. The van der Waals surface area contributed by atoms with E-state index in [1.54, 1.807) is 6.92 Å². The van der Waals surface area contributed by atoms with Gasteiger partial charge in [0.2, 0.25) is 5.91 Å². The van der Waals surface area contributed by atoms with Crippen LogP contribution >= 0.6 is 11.3 Å². The minimum Gasteiger partial charge on any atom is -0.462 e. The molecule has 0 bridgehead atoms. The summed E-state index contributed by atoms with van der Waals surface area (Å²) in [5.74, 6) is -0.415. The van der Waals surface area contributed by atoms with E-state index in [0.29, 0.717) is 23.6 Å². The van der Waals surface area contributed by atoms with Gasteiger partial charge in [0.1, 0.15) is 5.00 Å².